The second-order valence-corrected chi connectivity index (χ2v) is 5.72. The van der Waals surface area contributed by atoms with Crippen LogP contribution in [0.2, 0.25) is 0 Å². The zero-order valence-corrected chi connectivity index (χ0v) is 11.9. The second-order valence-electron chi connectivity index (χ2n) is 5.72. The lowest BCUT2D eigenvalue weighted by Gasteiger charge is -2.02. The molecule has 21 heavy (non-hydrogen) atoms. The summed E-state index contributed by atoms with van der Waals surface area (Å²) in [4.78, 5) is 0. The molecule has 0 bridgehead atoms. The van der Waals surface area contributed by atoms with Crippen molar-refractivity contribution in [2.24, 2.45) is 0 Å². The summed E-state index contributed by atoms with van der Waals surface area (Å²) in [5, 5.41) is 5.46. The largest absolute Gasteiger partial charge is 0.308 e. The maximum atomic E-state index is 2.47. The van der Waals surface area contributed by atoms with E-state index in [1.54, 1.807) is 0 Å². The Labute approximate surface area is 122 Å². The molecule has 0 saturated heterocycles. The summed E-state index contributed by atoms with van der Waals surface area (Å²) >= 11 is 0. The van der Waals surface area contributed by atoms with Crippen molar-refractivity contribution in [1.82, 2.24) is 4.40 Å². The number of fused-ring (bicyclic) bond motifs is 6. The van der Waals surface area contributed by atoms with Crippen LogP contribution in [0.15, 0.2) is 60.7 Å². The summed E-state index contributed by atoms with van der Waals surface area (Å²) in [7, 11) is 0. The lowest BCUT2D eigenvalue weighted by molar-refractivity contribution is 1.14. The third-order valence-corrected chi connectivity index (χ3v) is 4.71. The number of aryl methyl sites for hydroxylation is 1. The molecule has 0 atom stereocenters. The van der Waals surface area contributed by atoms with Gasteiger partial charge in [0.2, 0.25) is 0 Å². The van der Waals surface area contributed by atoms with Gasteiger partial charge in [0, 0.05) is 21.5 Å². The molecular formula is C20H15N. The van der Waals surface area contributed by atoms with Gasteiger partial charge in [-0.1, -0.05) is 61.5 Å². The first kappa shape index (κ1) is 11.2. The number of para-hydroxylation sites is 3. The zero-order valence-electron chi connectivity index (χ0n) is 11.9. The van der Waals surface area contributed by atoms with E-state index in [9.17, 15) is 0 Å². The van der Waals surface area contributed by atoms with Gasteiger partial charge in [0.15, 0.2) is 0 Å². The Morgan fingerprint density at radius 2 is 1.29 bits per heavy atom. The minimum atomic E-state index is 1.06. The third kappa shape index (κ3) is 1.22. The normalized spacial score (nSPS) is 12.2. The molecule has 0 aliphatic rings. The van der Waals surface area contributed by atoms with Crippen LogP contribution in [-0.2, 0) is 6.42 Å². The molecule has 0 radical (unpaired) electrons. The van der Waals surface area contributed by atoms with Crippen molar-refractivity contribution in [1.29, 1.82) is 0 Å². The quantitative estimate of drug-likeness (QED) is 0.384. The summed E-state index contributed by atoms with van der Waals surface area (Å²) in [6, 6.07) is 22.1. The molecule has 2 heterocycles. The van der Waals surface area contributed by atoms with Crippen molar-refractivity contribution in [3.63, 3.8) is 0 Å². The minimum absolute atomic E-state index is 1.06. The topological polar surface area (TPSA) is 4.41 Å². The fourth-order valence-corrected chi connectivity index (χ4v) is 3.83. The fraction of sp³-hybridized carbons (Fsp3) is 0.100. The van der Waals surface area contributed by atoms with Gasteiger partial charge in [0.05, 0.1) is 16.6 Å². The monoisotopic (exact) mass is 269 g/mol. The standard InChI is InChI=1S/C20H15N/c1-2-13-7-5-9-16-17-11-6-10-15-14-8-3-4-12-18(14)21(19(13)16)20(15)17/h3-12H,2H2,1H3. The van der Waals surface area contributed by atoms with Crippen LogP contribution < -0.4 is 0 Å². The molecule has 0 spiro atoms. The highest BCUT2D eigenvalue weighted by Crippen LogP contribution is 2.39. The van der Waals surface area contributed by atoms with E-state index in [0.29, 0.717) is 0 Å². The van der Waals surface area contributed by atoms with Crippen LogP contribution in [0.25, 0.3) is 38.1 Å². The van der Waals surface area contributed by atoms with Crippen molar-refractivity contribution in [2.45, 2.75) is 13.3 Å². The van der Waals surface area contributed by atoms with Crippen LogP contribution in [0.1, 0.15) is 12.5 Å². The van der Waals surface area contributed by atoms with E-state index < -0.39 is 0 Å². The lowest BCUT2D eigenvalue weighted by Crippen LogP contribution is -1.87. The van der Waals surface area contributed by atoms with E-state index in [-0.39, 0.29) is 0 Å². The first-order valence-corrected chi connectivity index (χ1v) is 7.55. The van der Waals surface area contributed by atoms with Crippen LogP contribution in [0.5, 0.6) is 0 Å². The van der Waals surface area contributed by atoms with Crippen molar-refractivity contribution in [3.8, 4) is 0 Å². The minimum Gasteiger partial charge on any atom is -0.308 e. The van der Waals surface area contributed by atoms with Crippen molar-refractivity contribution in [2.75, 3.05) is 0 Å². The number of hydrogen-bond acceptors (Lipinski definition) is 0. The number of aromatic nitrogens is 1. The number of nitrogens with zero attached hydrogens (tertiary/aromatic N) is 1. The number of rotatable bonds is 1. The summed E-state index contributed by atoms with van der Waals surface area (Å²) in [6.45, 7) is 2.24. The Morgan fingerprint density at radius 3 is 2.10 bits per heavy atom. The predicted molar refractivity (Wildman–Crippen MR) is 90.5 cm³/mol. The van der Waals surface area contributed by atoms with Crippen molar-refractivity contribution < 1.29 is 0 Å². The Kier molecular flexibility index (Phi) is 2.00. The van der Waals surface area contributed by atoms with E-state index in [2.05, 4.69) is 72.0 Å². The Bertz CT molecular complexity index is 1110. The molecule has 1 heteroatoms. The molecular weight excluding hydrogens is 254 g/mol. The highest BCUT2D eigenvalue weighted by Gasteiger charge is 2.17. The van der Waals surface area contributed by atoms with Gasteiger partial charge in [0.25, 0.3) is 0 Å². The molecule has 0 N–H and O–H groups in total. The van der Waals surface area contributed by atoms with E-state index in [0.717, 1.165) is 6.42 Å². The number of hydrogen-bond donors (Lipinski definition) is 0. The smallest absolute Gasteiger partial charge is 0.0620 e. The molecule has 3 aromatic carbocycles. The summed E-state index contributed by atoms with van der Waals surface area (Å²) < 4.78 is 2.47. The molecule has 0 fully saturated rings. The lowest BCUT2D eigenvalue weighted by atomic mass is 10.1. The Balaban J connectivity index is 2.26. The maximum absolute atomic E-state index is 2.47. The van der Waals surface area contributed by atoms with Gasteiger partial charge in [-0.2, -0.15) is 0 Å². The highest BCUT2D eigenvalue weighted by atomic mass is 14.9. The van der Waals surface area contributed by atoms with Gasteiger partial charge in [-0.25, -0.2) is 0 Å². The molecule has 1 nitrogen and oxygen atoms in total. The van der Waals surface area contributed by atoms with E-state index in [1.807, 2.05) is 0 Å². The molecule has 100 valence electrons. The molecule has 0 unspecified atom stereocenters. The van der Waals surface area contributed by atoms with E-state index in [4.69, 9.17) is 0 Å². The van der Waals surface area contributed by atoms with E-state index >= 15 is 0 Å². The molecule has 0 saturated carbocycles. The van der Waals surface area contributed by atoms with Gasteiger partial charge in [0.1, 0.15) is 0 Å². The van der Waals surface area contributed by atoms with Gasteiger partial charge in [-0.15, -0.1) is 0 Å². The molecule has 0 aliphatic heterocycles. The first-order valence-electron chi connectivity index (χ1n) is 7.55. The summed E-state index contributed by atoms with van der Waals surface area (Å²) in [5.41, 5.74) is 5.49. The first-order chi connectivity index (χ1) is 10.4. The highest BCUT2D eigenvalue weighted by molar-refractivity contribution is 6.23. The Hall–Kier alpha value is -2.54. The van der Waals surface area contributed by atoms with Gasteiger partial charge in [-0.05, 0) is 18.1 Å². The molecule has 5 aromatic rings. The average molecular weight is 269 g/mol. The second kappa shape index (κ2) is 3.76. The maximum Gasteiger partial charge on any atom is 0.0620 e. The van der Waals surface area contributed by atoms with Crippen LogP contribution in [0.3, 0.4) is 0 Å². The van der Waals surface area contributed by atoms with Crippen LogP contribution in [0.4, 0.5) is 0 Å². The summed E-state index contributed by atoms with van der Waals surface area (Å²) in [6.07, 6.45) is 1.06. The molecule has 5 rings (SSSR count). The van der Waals surface area contributed by atoms with Crippen LogP contribution >= 0.6 is 0 Å². The van der Waals surface area contributed by atoms with Crippen molar-refractivity contribution in [3.05, 3.63) is 66.2 Å². The summed E-state index contributed by atoms with van der Waals surface area (Å²) in [5.74, 6) is 0. The van der Waals surface area contributed by atoms with Gasteiger partial charge >= 0.3 is 0 Å². The predicted octanol–water partition coefficient (Wildman–Crippen LogP) is 5.40. The average Bonchev–Trinajstić information content (AvgIpc) is 3.06. The third-order valence-electron chi connectivity index (χ3n) is 4.71. The SMILES string of the molecule is CCc1cccc2c3cccc4c5ccccc5n(c12)c43. The van der Waals surface area contributed by atoms with E-state index in [1.165, 1.54) is 43.7 Å². The number of benzene rings is 3. The van der Waals surface area contributed by atoms with Crippen molar-refractivity contribution >= 4 is 38.1 Å². The zero-order chi connectivity index (χ0) is 14.0. The molecule has 0 amide bonds. The Morgan fingerprint density at radius 1 is 0.667 bits per heavy atom. The van der Waals surface area contributed by atoms with Crippen LogP contribution in [0, 0.1) is 0 Å². The van der Waals surface area contributed by atoms with Gasteiger partial charge < -0.3 is 4.40 Å². The van der Waals surface area contributed by atoms with Crippen LogP contribution in [-0.4, -0.2) is 4.40 Å². The fourth-order valence-electron chi connectivity index (χ4n) is 3.83. The molecule has 2 aromatic heterocycles. The molecule has 0 aliphatic carbocycles. The van der Waals surface area contributed by atoms with Gasteiger partial charge in [-0.3, -0.25) is 0 Å².